The predicted molar refractivity (Wildman–Crippen MR) is 54.9 cm³/mol. The zero-order valence-corrected chi connectivity index (χ0v) is 8.61. The van der Waals surface area contributed by atoms with E-state index in [9.17, 15) is 0 Å². The number of nitrogens with two attached hydrogens (primary N) is 1. The minimum atomic E-state index is 0.311. The number of likely N-dealkylation sites (tertiary alicyclic amines) is 1. The summed E-state index contributed by atoms with van der Waals surface area (Å²) < 4.78 is 0. The highest BCUT2D eigenvalue weighted by molar-refractivity contribution is 6.28. The zero-order chi connectivity index (χ0) is 9.97. The van der Waals surface area contributed by atoms with E-state index in [2.05, 4.69) is 14.9 Å². The minimum absolute atomic E-state index is 0.311. The second kappa shape index (κ2) is 4.21. The zero-order valence-electron chi connectivity index (χ0n) is 7.86. The van der Waals surface area contributed by atoms with Crippen LogP contribution in [0, 0.1) is 0 Å². The molecular formula is C9H13ClN4. The van der Waals surface area contributed by atoms with Crippen LogP contribution < -0.4 is 5.73 Å². The summed E-state index contributed by atoms with van der Waals surface area (Å²) in [5.74, 6) is 0. The van der Waals surface area contributed by atoms with E-state index in [0.717, 1.165) is 31.7 Å². The van der Waals surface area contributed by atoms with Crippen molar-refractivity contribution in [2.75, 3.05) is 13.1 Å². The van der Waals surface area contributed by atoms with Crippen LogP contribution in [0.15, 0.2) is 12.3 Å². The van der Waals surface area contributed by atoms with Crippen LogP contribution in [0.2, 0.25) is 5.28 Å². The van der Waals surface area contributed by atoms with Crippen LogP contribution in [0.25, 0.3) is 0 Å². The molecule has 0 radical (unpaired) electrons. The molecule has 2 N–H and O–H groups in total. The quantitative estimate of drug-likeness (QED) is 0.732. The maximum Gasteiger partial charge on any atom is 0.222 e. The van der Waals surface area contributed by atoms with Crippen molar-refractivity contribution in [3.63, 3.8) is 0 Å². The molecule has 2 heterocycles. The van der Waals surface area contributed by atoms with E-state index < -0.39 is 0 Å². The van der Waals surface area contributed by atoms with Gasteiger partial charge in [0.2, 0.25) is 5.28 Å². The molecule has 5 heteroatoms. The topological polar surface area (TPSA) is 55.0 Å². The summed E-state index contributed by atoms with van der Waals surface area (Å²) in [6.45, 7) is 2.81. The fourth-order valence-electron chi connectivity index (χ4n) is 1.69. The Morgan fingerprint density at radius 2 is 2.50 bits per heavy atom. The predicted octanol–water partition coefficient (Wildman–Crippen LogP) is 0.663. The highest BCUT2D eigenvalue weighted by Gasteiger charge is 2.19. The summed E-state index contributed by atoms with van der Waals surface area (Å²) in [5, 5.41) is 0.311. The van der Waals surface area contributed by atoms with Crippen molar-refractivity contribution in [2.45, 2.75) is 19.0 Å². The van der Waals surface area contributed by atoms with E-state index >= 15 is 0 Å². The smallest absolute Gasteiger partial charge is 0.222 e. The molecule has 14 heavy (non-hydrogen) atoms. The number of rotatable bonds is 2. The molecule has 0 bridgehead atoms. The molecule has 1 fully saturated rings. The van der Waals surface area contributed by atoms with Crippen LogP contribution in [-0.2, 0) is 6.54 Å². The Hall–Kier alpha value is -0.710. The molecule has 1 aromatic rings. The van der Waals surface area contributed by atoms with E-state index in [1.807, 2.05) is 6.07 Å². The minimum Gasteiger partial charge on any atom is -0.326 e. The van der Waals surface area contributed by atoms with Gasteiger partial charge in [-0.25, -0.2) is 9.97 Å². The normalized spacial score (nSPS) is 22.9. The first-order valence-electron chi connectivity index (χ1n) is 4.69. The maximum atomic E-state index is 5.81. The standard InChI is InChI=1S/C9H13ClN4/c10-9-12-3-1-8(13-9)6-14-4-2-7(11)5-14/h1,3,7H,2,4-6,11H2. The van der Waals surface area contributed by atoms with Crippen LogP contribution in [0.5, 0.6) is 0 Å². The lowest BCUT2D eigenvalue weighted by atomic mass is 10.3. The van der Waals surface area contributed by atoms with Crippen molar-refractivity contribution < 1.29 is 0 Å². The molecule has 1 aliphatic rings. The molecule has 0 aliphatic carbocycles. The van der Waals surface area contributed by atoms with Crippen LogP contribution in [0.4, 0.5) is 0 Å². The average molecular weight is 213 g/mol. The number of aromatic nitrogens is 2. The van der Waals surface area contributed by atoms with Gasteiger partial charge in [0.15, 0.2) is 0 Å². The van der Waals surface area contributed by atoms with Gasteiger partial charge in [-0.2, -0.15) is 0 Å². The summed E-state index contributed by atoms with van der Waals surface area (Å²) in [6.07, 6.45) is 2.75. The van der Waals surface area contributed by atoms with Gasteiger partial charge >= 0.3 is 0 Å². The van der Waals surface area contributed by atoms with Crippen LogP contribution in [0.1, 0.15) is 12.1 Å². The van der Waals surface area contributed by atoms with Crippen molar-refractivity contribution in [3.8, 4) is 0 Å². The Balaban J connectivity index is 1.97. The van der Waals surface area contributed by atoms with Crippen LogP contribution in [-0.4, -0.2) is 34.0 Å². The summed E-state index contributed by atoms with van der Waals surface area (Å²) in [5.41, 5.74) is 6.77. The van der Waals surface area contributed by atoms with Crippen molar-refractivity contribution in [1.29, 1.82) is 0 Å². The third-order valence-corrected chi connectivity index (χ3v) is 2.56. The SMILES string of the molecule is NC1CCN(Cc2ccnc(Cl)n2)C1. The van der Waals surface area contributed by atoms with E-state index in [-0.39, 0.29) is 0 Å². The first kappa shape index (κ1) is 9.83. The molecule has 0 aromatic carbocycles. The molecule has 0 saturated carbocycles. The second-order valence-electron chi connectivity index (χ2n) is 3.60. The molecule has 1 atom stereocenters. The second-order valence-corrected chi connectivity index (χ2v) is 3.94. The van der Waals surface area contributed by atoms with Gasteiger partial charge in [-0.05, 0) is 24.1 Å². The molecular weight excluding hydrogens is 200 g/mol. The number of halogens is 1. The summed E-state index contributed by atoms with van der Waals surface area (Å²) in [4.78, 5) is 10.3. The Morgan fingerprint density at radius 3 is 3.14 bits per heavy atom. The van der Waals surface area contributed by atoms with E-state index in [1.165, 1.54) is 0 Å². The summed E-state index contributed by atoms with van der Waals surface area (Å²) >= 11 is 5.69. The highest BCUT2D eigenvalue weighted by atomic mass is 35.5. The Bertz CT molecular complexity index is 317. The molecule has 1 unspecified atom stereocenters. The van der Waals surface area contributed by atoms with Crippen LogP contribution >= 0.6 is 11.6 Å². The maximum absolute atomic E-state index is 5.81. The first-order valence-corrected chi connectivity index (χ1v) is 5.07. The molecule has 0 spiro atoms. The fourth-order valence-corrected chi connectivity index (χ4v) is 1.86. The lowest BCUT2D eigenvalue weighted by Crippen LogP contribution is -2.26. The summed E-state index contributed by atoms with van der Waals surface area (Å²) in [7, 11) is 0. The monoisotopic (exact) mass is 212 g/mol. The Kier molecular flexibility index (Phi) is 2.96. The average Bonchev–Trinajstić information content (AvgIpc) is 2.51. The highest BCUT2D eigenvalue weighted by Crippen LogP contribution is 2.11. The molecule has 1 aromatic heterocycles. The largest absolute Gasteiger partial charge is 0.326 e. The third kappa shape index (κ3) is 2.41. The lowest BCUT2D eigenvalue weighted by Gasteiger charge is -2.13. The van der Waals surface area contributed by atoms with Crippen molar-refractivity contribution in [1.82, 2.24) is 14.9 Å². The van der Waals surface area contributed by atoms with E-state index in [4.69, 9.17) is 17.3 Å². The van der Waals surface area contributed by atoms with Crippen LogP contribution in [0.3, 0.4) is 0 Å². The van der Waals surface area contributed by atoms with E-state index in [1.54, 1.807) is 6.20 Å². The molecule has 0 amide bonds. The number of hydrogen-bond acceptors (Lipinski definition) is 4. The Morgan fingerprint density at radius 1 is 1.64 bits per heavy atom. The number of hydrogen-bond donors (Lipinski definition) is 1. The summed E-state index contributed by atoms with van der Waals surface area (Å²) in [6, 6.07) is 2.20. The fraction of sp³-hybridized carbons (Fsp3) is 0.556. The number of nitrogens with zero attached hydrogens (tertiary/aromatic N) is 3. The Labute approximate surface area is 88.1 Å². The first-order chi connectivity index (χ1) is 6.74. The lowest BCUT2D eigenvalue weighted by molar-refractivity contribution is 0.322. The van der Waals surface area contributed by atoms with Crippen molar-refractivity contribution in [3.05, 3.63) is 23.2 Å². The van der Waals surface area contributed by atoms with Gasteiger partial charge in [0, 0.05) is 31.9 Å². The molecule has 2 rings (SSSR count). The van der Waals surface area contributed by atoms with Gasteiger partial charge in [-0.15, -0.1) is 0 Å². The van der Waals surface area contributed by atoms with E-state index in [0.29, 0.717) is 11.3 Å². The van der Waals surface area contributed by atoms with Crippen molar-refractivity contribution >= 4 is 11.6 Å². The van der Waals surface area contributed by atoms with Gasteiger partial charge in [-0.1, -0.05) is 0 Å². The van der Waals surface area contributed by atoms with Gasteiger partial charge in [-0.3, -0.25) is 4.90 Å². The molecule has 76 valence electrons. The third-order valence-electron chi connectivity index (χ3n) is 2.38. The van der Waals surface area contributed by atoms with Gasteiger partial charge in [0.25, 0.3) is 0 Å². The van der Waals surface area contributed by atoms with Gasteiger partial charge in [0.05, 0.1) is 5.69 Å². The molecule has 4 nitrogen and oxygen atoms in total. The molecule has 1 saturated heterocycles. The van der Waals surface area contributed by atoms with Crippen molar-refractivity contribution in [2.24, 2.45) is 5.73 Å². The van der Waals surface area contributed by atoms with Gasteiger partial charge in [0.1, 0.15) is 0 Å². The van der Waals surface area contributed by atoms with Gasteiger partial charge < -0.3 is 5.73 Å². The molecule has 1 aliphatic heterocycles.